The van der Waals surface area contributed by atoms with Crippen LogP contribution >= 0.6 is 15.9 Å². The number of aliphatic hydroxyl groups is 1. The molecule has 1 fully saturated rings. The van der Waals surface area contributed by atoms with Crippen LogP contribution in [0.2, 0.25) is 0 Å². The lowest BCUT2D eigenvalue weighted by atomic mass is 10.1. The number of rotatable bonds is 5. The maximum absolute atomic E-state index is 11.2. The first-order chi connectivity index (χ1) is 11.1. The van der Waals surface area contributed by atoms with Crippen molar-refractivity contribution in [2.24, 2.45) is 0 Å². The first-order valence-electron chi connectivity index (χ1n) is 7.74. The summed E-state index contributed by atoms with van der Waals surface area (Å²) >= 11 is 3.22. The van der Waals surface area contributed by atoms with Gasteiger partial charge in [-0.3, -0.25) is 10.1 Å². The van der Waals surface area contributed by atoms with Crippen molar-refractivity contribution in [2.45, 2.75) is 31.9 Å². The Bertz CT molecular complexity index is 718. The van der Waals surface area contributed by atoms with Crippen molar-refractivity contribution in [2.75, 3.05) is 19.6 Å². The molecule has 3 rings (SSSR count). The van der Waals surface area contributed by atoms with Crippen molar-refractivity contribution in [3.05, 3.63) is 33.0 Å². The molecule has 1 N–H and O–H groups in total. The number of aliphatic hydroxyl groups excluding tert-OH is 1. The molecular formula is C15H19BrN4O3. The van der Waals surface area contributed by atoms with Gasteiger partial charge in [-0.15, -0.1) is 0 Å². The molecule has 1 aliphatic rings. The smallest absolute Gasteiger partial charge is 0.311 e. The van der Waals surface area contributed by atoms with E-state index in [1.54, 1.807) is 12.4 Å². The van der Waals surface area contributed by atoms with Crippen LogP contribution in [0.3, 0.4) is 0 Å². The van der Waals surface area contributed by atoms with E-state index in [1.807, 2.05) is 10.6 Å². The van der Waals surface area contributed by atoms with E-state index in [0.717, 1.165) is 51.0 Å². The molecule has 0 spiro atoms. The highest BCUT2D eigenvalue weighted by molar-refractivity contribution is 9.10. The van der Waals surface area contributed by atoms with Gasteiger partial charge in [0.05, 0.1) is 27.3 Å². The summed E-state index contributed by atoms with van der Waals surface area (Å²) in [6.07, 6.45) is 4.30. The SMILES string of the molecule is O=[N+]([O-])c1c(Br)ccc2c1ncn2CCCN1CCCC(O)C1. The number of imidazole rings is 1. The summed E-state index contributed by atoms with van der Waals surface area (Å²) in [6.45, 7) is 3.43. The number of hydrogen-bond acceptors (Lipinski definition) is 5. The maximum atomic E-state index is 11.2. The second kappa shape index (κ2) is 6.94. The monoisotopic (exact) mass is 382 g/mol. The first-order valence-corrected chi connectivity index (χ1v) is 8.53. The van der Waals surface area contributed by atoms with E-state index in [-0.39, 0.29) is 11.8 Å². The summed E-state index contributed by atoms with van der Waals surface area (Å²) in [4.78, 5) is 17.3. The van der Waals surface area contributed by atoms with E-state index in [0.29, 0.717) is 9.99 Å². The molecule has 0 saturated carbocycles. The Labute approximate surface area is 142 Å². The van der Waals surface area contributed by atoms with Gasteiger partial charge in [0.2, 0.25) is 0 Å². The molecule has 1 aliphatic heterocycles. The minimum absolute atomic E-state index is 0.0143. The van der Waals surface area contributed by atoms with Gasteiger partial charge in [0.15, 0.2) is 5.52 Å². The molecule has 7 nitrogen and oxygen atoms in total. The van der Waals surface area contributed by atoms with Gasteiger partial charge in [-0.1, -0.05) is 0 Å². The van der Waals surface area contributed by atoms with E-state index in [1.165, 1.54) is 0 Å². The Morgan fingerprint density at radius 3 is 3.00 bits per heavy atom. The number of benzene rings is 1. The molecule has 0 radical (unpaired) electrons. The van der Waals surface area contributed by atoms with Crippen molar-refractivity contribution >= 4 is 32.7 Å². The summed E-state index contributed by atoms with van der Waals surface area (Å²) in [6, 6.07) is 3.55. The van der Waals surface area contributed by atoms with E-state index in [2.05, 4.69) is 25.8 Å². The predicted molar refractivity (Wildman–Crippen MR) is 90.4 cm³/mol. The number of halogens is 1. The fourth-order valence-corrected chi connectivity index (χ4v) is 3.61. The molecule has 23 heavy (non-hydrogen) atoms. The zero-order valence-electron chi connectivity index (χ0n) is 12.7. The number of β-amino-alcohol motifs (C(OH)–C–C–N with tert-alkyl or cyclic N) is 1. The van der Waals surface area contributed by atoms with Crippen LogP contribution in [-0.2, 0) is 6.54 Å². The number of likely N-dealkylation sites (tertiary alicyclic amines) is 1. The van der Waals surface area contributed by atoms with E-state index in [4.69, 9.17) is 0 Å². The summed E-state index contributed by atoms with van der Waals surface area (Å²) in [5, 5.41) is 20.9. The van der Waals surface area contributed by atoms with Crippen LogP contribution in [0.15, 0.2) is 22.9 Å². The molecule has 0 bridgehead atoms. The Morgan fingerprint density at radius 2 is 2.26 bits per heavy atom. The van der Waals surface area contributed by atoms with Gasteiger partial charge in [0.1, 0.15) is 0 Å². The molecular weight excluding hydrogens is 364 g/mol. The fourth-order valence-electron chi connectivity index (χ4n) is 3.14. The molecule has 8 heteroatoms. The van der Waals surface area contributed by atoms with Crippen LogP contribution in [0.25, 0.3) is 11.0 Å². The minimum Gasteiger partial charge on any atom is -0.392 e. The number of aryl methyl sites for hydroxylation is 1. The number of fused-ring (bicyclic) bond motifs is 1. The van der Waals surface area contributed by atoms with Crippen molar-refractivity contribution in [1.82, 2.24) is 14.5 Å². The number of nitrogens with zero attached hydrogens (tertiary/aromatic N) is 4. The number of nitro groups is 1. The summed E-state index contributed by atoms with van der Waals surface area (Å²) < 4.78 is 2.40. The largest absolute Gasteiger partial charge is 0.392 e. The third-order valence-electron chi connectivity index (χ3n) is 4.25. The van der Waals surface area contributed by atoms with E-state index < -0.39 is 4.92 Å². The second-order valence-corrected chi connectivity index (χ2v) is 6.76. The third-order valence-corrected chi connectivity index (χ3v) is 4.89. The number of nitro benzene ring substituents is 1. The zero-order valence-corrected chi connectivity index (χ0v) is 14.3. The van der Waals surface area contributed by atoms with Gasteiger partial charge in [0, 0.05) is 13.1 Å². The fraction of sp³-hybridized carbons (Fsp3) is 0.533. The first kappa shape index (κ1) is 16.4. The van der Waals surface area contributed by atoms with E-state index >= 15 is 0 Å². The topological polar surface area (TPSA) is 84.4 Å². The van der Waals surface area contributed by atoms with Crippen LogP contribution in [0.5, 0.6) is 0 Å². The lowest BCUT2D eigenvalue weighted by Crippen LogP contribution is -2.38. The van der Waals surface area contributed by atoms with Crippen molar-refractivity contribution in [3.8, 4) is 0 Å². The third kappa shape index (κ3) is 3.54. The molecule has 1 unspecified atom stereocenters. The number of piperidine rings is 1. The summed E-state index contributed by atoms with van der Waals surface area (Å²) in [5.41, 5.74) is 1.21. The summed E-state index contributed by atoms with van der Waals surface area (Å²) in [5.74, 6) is 0. The van der Waals surface area contributed by atoms with Gasteiger partial charge in [0.25, 0.3) is 0 Å². The van der Waals surface area contributed by atoms with Crippen molar-refractivity contribution < 1.29 is 10.0 Å². The average molecular weight is 383 g/mol. The van der Waals surface area contributed by atoms with Gasteiger partial charge in [-0.2, -0.15) is 0 Å². The number of aromatic nitrogens is 2. The average Bonchev–Trinajstić information content (AvgIpc) is 2.90. The van der Waals surface area contributed by atoms with Crippen molar-refractivity contribution in [1.29, 1.82) is 0 Å². The maximum Gasteiger partial charge on any atom is 0.311 e. The Balaban J connectivity index is 1.69. The molecule has 2 heterocycles. The van der Waals surface area contributed by atoms with Gasteiger partial charge < -0.3 is 14.6 Å². The molecule has 1 aromatic carbocycles. The molecule has 0 aliphatic carbocycles. The molecule has 1 aromatic heterocycles. The quantitative estimate of drug-likeness (QED) is 0.634. The standard InChI is InChI=1S/C15H19BrN4O3/c16-12-4-5-13-14(15(12)20(22)23)17-10-19(13)8-2-7-18-6-1-3-11(21)9-18/h4-5,10-11,21H,1-3,6-9H2. The van der Waals surface area contributed by atoms with Crippen molar-refractivity contribution in [3.63, 3.8) is 0 Å². The van der Waals surface area contributed by atoms with E-state index in [9.17, 15) is 15.2 Å². The van der Waals surface area contributed by atoms with Crippen LogP contribution in [0, 0.1) is 10.1 Å². The highest BCUT2D eigenvalue weighted by Gasteiger charge is 2.21. The molecule has 124 valence electrons. The minimum atomic E-state index is -0.404. The Morgan fingerprint density at radius 1 is 1.43 bits per heavy atom. The van der Waals surface area contributed by atoms with Crippen LogP contribution in [-0.4, -0.2) is 50.2 Å². The van der Waals surface area contributed by atoms with Crippen LogP contribution in [0.4, 0.5) is 5.69 Å². The zero-order chi connectivity index (χ0) is 16.4. The second-order valence-electron chi connectivity index (χ2n) is 5.91. The predicted octanol–water partition coefficient (Wildman–Crippen LogP) is 2.55. The molecule has 1 saturated heterocycles. The summed E-state index contributed by atoms with van der Waals surface area (Å²) in [7, 11) is 0. The number of hydrogen-bond donors (Lipinski definition) is 1. The highest BCUT2D eigenvalue weighted by atomic mass is 79.9. The Kier molecular flexibility index (Phi) is 4.93. The normalized spacial score (nSPS) is 19.3. The van der Waals surface area contributed by atoms with Gasteiger partial charge in [-0.25, -0.2) is 4.98 Å². The lowest BCUT2D eigenvalue weighted by Gasteiger charge is -2.29. The Hall–Kier alpha value is -1.51. The van der Waals surface area contributed by atoms with Gasteiger partial charge >= 0.3 is 5.69 Å². The van der Waals surface area contributed by atoms with Gasteiger partial charge in [-0.05, 0) is 60.4 Å². The molecule has 1 atom stereocenters. The lowest BCUT2D eigenvalue weighted by molar-refractivity contribution is -0.384. The molecule has 0 amide bonds. The molecule has 2 aromatic rings. The van der Waals surface area contributed by atoms with Crippen LogP contribution in [0.1, 0.15) is 19.3 Å². The van der Waals surface area contributed by atoms with Crippen LogP contribution < -0.4 is 0 Å². The highest BCUT2D eigenvalue weighted by Crippen LogP contribution is 2.32.